The number of benzene rings is 2. The minimum Gasteiger partial charge on any atom is -0.508 e. The number of hydrogen-bond donors (Lipinski definition) is 2. The van der Waals surface area contributed by atoms with Crippen molar-refractivity contribution in [3.8, 4) is 16.9 Å². The number of rotatable bonds is 6. The molecule has 0 bridgehead atoms. The summed E-state index contributed by atoms with van der Waals surface area (Å²) in [5, 5.41) is 14.5. The van der Waals surface area contributed by atoms with Crippen molar-refractivity contribution < 1.29 is 41.0 Å². The molecule has 3 aromatic rings. The van der Waals surface area contributed by atoms with Gasteiger partial charge in [-0.25, -0.2) is 0 Å². The molecule has 1 aliphatic rings. The molecule has 1 saturated heterocycles. The Morgan fingerprint density at radius 3 is 2.74 bits per heavy atom. The zero-order valence-electron chi connectivity index (χ0n) is 18.0. The number of carbonyl (C=O) groups is 1. The molecule has 5 nitrogen and oxygen atoms in total. The summed E-state index contributed by atoms with van der Waals surface area (Å²) in [4.78, 5) is 19.8. The number of nitrogens with one attached hydrogen (secondary N) is 1. The summed E-state index contributed by atoms with van der Waals surface area (Å²) in [6.07, 6.45) is 8.32. The Labute approximate surface area is 207 Å². The second-order valence-corrected chi connectivity index (χ2v) is 8.16. The number of likely N-dealkylation sites (tertiary alicyclic amines) is 1. The first-order chi connectivity index (χ1) is 14.6. The first-order valence-electron chi connectivity index (χ1n) is 10.8. The third-order valence-electron chi connectivity index (χ3n) is 6.05. The summed E-state index contributed by atoms with van der Waals surface area (Å²) in [5.41, 5.74) is 2.54. The fraction of sp³-hybridized carbons (Fsp3) is 0.360. The standard InChI is InChI=1S/C25H29N3O2.U/c1-18-5-2-3-13-28(18)14-4-11-27-25(30)23-16-21(19-6-8-22(29)9-7-19)15-20-10-12-26-17-24(20)23;/h6-10,12,15-18,29H,2-5,11,13-14H2,1H3,(H,27,30);. The van der Waals surface area contributed by atoms with E-state index in [0.29, 0.717) is 18.2 Å². The second-order valence-electron chi connectivity index (χ2n) is 8.16. The van der Waals surface area contributed by atoms with E-state index < -0.39 is 0 Å². The van der Waals surface area contributed by atoms with Crippen molar-refractivity contribution in [1.29, 1.82) is 0 Å². The van der Waals surface area contributed by atoms with Crippen LogP contribution < -0.4 is 5.32 Å². The molecule has 4 rings (SSSR count). The molecule has 1 atom stereocenters. The Kier molecular flexibility index (Phi) is 8.54. The predicted molar refractivity (Wildman–Crippen MR) is 121 cm³/mol. The predicted octanol–water partition coefficient (Wildman–Crippen LogP) is 4.60. The van der Waals surface area contributed by atoms with Gasteiger partial charge < -0.3 is 15.3 Å². The van der Waals surface area contributed by atoms with Crippen LogP contribution in [-0.2, 0) is 0 Å². The van der Waals surface area contributed by atoms with Gasteiger partial charge in [0, 0.05) is 73.6 Å². The molecule has 0 saturated carbocycles. The fourth-order valence-electron chi connectivity index (χ4n) is 4.28. The maximum atomic E-state index is 13.0. The number of carbonyl (C=O) groups excluding carboxylic acids is 1. The summed E-state index contributed by atoms with van der Waals surface area (Å²) in [7, 11) is 0. The second kappa shape index (κ2) is 11.1. The molecule has 1 fully saturated rings. The van der Waals surface area contributed by atoms with Crippen molar-refractivity contribution in [2.75, 3.05) is 19.6 Å². The molecule has 160 valence electrons. The van der Waals surface area contributed by atoms with Crippen LogP contribution in [0.15, 0.2) is 54.9 Å². The molecule has 1 amide bonds. The number of piperidine rings is 1. The molecule has 0 spiro atoms. The SMILES string of the molecule is CC1CCCCN1CCCNC(=O)c1cc(-c2ccc(O)cc2)cc2ccncc12.[U]. The van der Waals surface area contributed by atoms with E-state index in [1.54, 1.807) is 24.5 Å². The van der Waals surface area contributed by atoms with E-state index in [4.69, 9.17) is 0 Å². The molecular formula is C25H29N3O2U. The third-order valence-corrected chi connectivity index (χ3v) is 6.05. The van der Waals surface area contributed by atoms with Gasteiger partial charge in [0.05, 0.1) is 0 Å². The van der Waals surface area contributed by atoms with Crippen molar-refractivity contribution in [1.82, 2.24) is 15.2 Å². The van der Waals surface area contributed by atoms with Gasteiger partial charge in [-0.2, -0.15) is 0 Å². The largest absolute Gasteiger partial charge is 0.508 e. The van der Waals surface area contributed by atoms with E-state index in [9.17, 15) is 9.90 Å². The van der Waals surface area contributed by atoms with Crippen LogP contribution in [0.1, 0.15) is 43.0 Å². The van der Waals surface area contributed by atoms with E-state index in [-0.39, 0.29) is 42.8 Å². The van der Waals surface area contributed by atoms with Gasteiger partial charge in [-0.05, 0) is 79.6 Å². The Bertz CT molecular complexity index is 1020. The summed E-state index contributed by atoms with van der Waals surface area (Å²) in [5.74, 6) is 0.157. The summed E-state index contributed by atoms with van der Waals surface area (Å²) in [6.45, 7) is 5.15. The average molecular weight is 642 g/mol. The van der Waals surface area contributed by atoms with Crippen molar-refractivity contribution >= 4 is 16.7 Å². The fourth-order valence-corrected chi connectivity index (χ4v) is 4.28. The van der Waals surface area contributed by atoms with Gasteiger partial charge in [0.15, 0.2) is 0 Å². The van der Waals surface area contributed by atoms with Crippen molar-refractivity contribution in [3.05, 3.63) is 60.4 Å². The first-order valence-corrected chi connectivity index (χ1v) is 10.8. The smallest absolute Gasteiger partial charge is 0.251 e. The molecule has 1 aliphatic heterocycles. The number of fused-ring (bicyclic) bond motifs is 1. The topological polar surface area (TPSA) is 65.5 Å². The molecule has 31 heavy (non-hydrogen) atoms. The van der Waals surface area contributed by atoms with Crippen LogP contribution in [0.3, 0.4) is 0 Å². The number of hydrogen-bond acceptors (Lipinski definition) is 4. The van der Waals surface area contributed by atoms with Crippen LogP contribution >= 0.6 is 0 Å². The Morgan fingerprint density at radius 2 is 1.97 bits per heavy atom. The van der Waals surface area contributed by atoms with E-state index in [2.05, 4.69) is 28.2 Å². The molecule has 1 unspecified atom stereocenters. The van der Waals surface area contributed by atoms with Gasteiger partial charge in [-0.3, -0.25) is 9.78 Å². The van der Waals surface area contributed by atoms with E-state index in [0.717, 1.165) is 34.9 Å². The van der Waals surface area contributed by atoms with Crippen LogP contribution in [-0.4, -0.2) is 46.6 Å². The number of pyridine rings is 1. The first kappa shape index (κ1) is 23.8. The molecule has 2 aromatic carbocycles. The summed E-state index contributed by atoms with van der Waals surface area (Å²) < 4.78 is 0. The number of nitrogens with zero attached hydrogens (tertiary/aromatic N) is 2. The van der Waals surface area contributed by atoms with Crippen LogP contribution in [0, 0.1) is 31.1 Å². The van der Waals surface area contributed by atoms with Gasteiger partial charge in [0.25, 0.3) is 5.91 Å². The average Bonchev–Trinajstić information content (AvgIpc) is 2.77. The van der Waals surface area contributed by atoms with E-state index >= 15 is 0 Å². The molecular weight excluding hydrogens is 612 g/mol. The molecule has 2 N–H and O–H groups in total. The van der Waals surface area contributed by atoms with Gasteiger partial charge in [-0.15, -0.1) is 0 Å². The third kappa shape index (κ3) is 5.89. The quantitative estimate of drug-likeness (QED) is 0.387. The van der Waals surface area contributed by atoms with Gasteiger partial charge >= 0.3 is 0 Å². The number of aromatic nitrogens is 1. The zero-order chi connectivity index (χ0) is 20.9. The summed E-state index contributed by atoms with van der Waals surface area (Å²) in [6, 6.07) is 13.6. The van der Waals surface area contributed by atoms with Crippen molar-refractivity contribution in [2.24, 2.45) is 0 Å². The molecule has 2 heterocycles. The number of amides is 1. The summed E-state index contributed by atoms with van der Waals surface area (Å²) >= 11 is 0. The number of phenolic OH excluding ortho intramolecular Hbond substituents is 1. The molecule has 1 aromatic heterocycles. The number of phenols is 1. The van der Waals surface area contributed by atoms with Crippen LogP contribution in [0.4, 0.5) is 0 Å². The van der Waals surface area contributed by atoms with Crippen LogP contribution in [0.2, 0.25) is 0 Å². The monoisotopic (exact) mass is 641 g/mol. The Morgan fingerprint density at radius 1 is 1.16 bits per heavy atom. The van der Waals surface area contributed by atoms with Gasteiger partial charge in [0.2, 0.25) is 0 Å². The normalized spacial score (nSPS) is 16.6. The number of aromatic hydroxyl groups is 1. The van der Waals surface area contributed by atoms with Crippen molar-refractivity contribution in [3.63, 3.8) is 0 Å². The Hall–Kier alpha value is -1.87. The Balaban J connectivity index is 0.00000272. The van der Waals surface area contributed by atoms with Gasteiger partial charge in [0.1, 0.15) is 5.75 Å². The van der Waals surface area contributed by atoms with Crippen molar-refractivity contribution in [2.45, 2.75) is 38.6 Å². The minimum atomic E-state index is -0.0691. The maximum Gasteiger partial charge on any atom is 0.251 e. The maximum absolute atomic E-state index is 13.0. The molecule has 0 aliphatic carbocycles. The van der Waals surface area contributed by atoms with Crippen LogP contribution in [0.25, 0.3) is 21.9 Å². The molecule has 0 radical (unpaired) electrons. The molecule has 6 heteroatoms. The zero-order valence-corrected chi connectivity index (χ0v) is 22.1. The van der Waals surface area contributed by atoms with E-state index in [1.807, 2.05) is 24.3 Å². The van der Waals surface area contributed by atoms with Crippen LogP contribution in [0.5, 0.6) is 5.75 Å². The minimum absolute atomic E-state index is 0. The van der Waals surface area contributed by atoms with E-state index in [1.165, 1.54) is 25.8 Å². The van der Waals surface area contributed by atoms with Gasteiger partial charge in [-0.1, -0.05) is 18.6 Å².